The first-order valence-electron chi connectivity index (χ1n) is 2.81. The predicted octanol–water partition coefficient (Wildman–Crippen LogP) is 0.848. The lowest BCUT2D eigenvalue weighted by Gasteiger charge is -2.01. The molecule has 0 fully saturated rings. The van der Waals surface area contributed by atoms with Crippen LogP contribution in [-0.2, 0) is 4.79 Å². The van der Waals surface area contributed by atoms with Crippen molar-refractivity contribution in [1.29, 1.82) is 0 Å². The van der Waals surface area contributed by atoms with Gasteiger partial charge in [-0.1, -0.05) is 6.92 Å². The molecule has 0 unspecified atom stereocenters. The molecule has 52 valence electrons. The lowest BCUT2D eigenvalue weighted by atomic mass is 10.2. The van der Waals surface area contributed by atoms with Gasteiger partial charge < -0.3 is 0 Å². The van der Waals surface area contributed by atoms with Crippen molar-refractivity contribution in [1.82, 2.24) is 5.48 Å². The summed E-state index contributed by atoms with van der Waals surface area (Å²) >= 11 is 0. The standard InChI is InChI=1S/C6H11NO2/c1-3-6(7-9)5(2)4-8/h4,7,9H,3H2,1-2H3. The van der Waals surface area contributed by atoms with Crippen LogP contribution in [0.5, 0.6) is 0 Å². The lowest BCUT2D eigenvalue weighted by molar-refractivity contribution is -0.105. The Bertz CT molecular complexity index is 123. The fraction of sp³-hybridized carbons (Fsp3) is 0.500. The minimum Gasteiger partial charge on any atom is -0.298 e. The van der Waals surface area contributed by atoms with Crippen molar-refractivity contribution in [3.63, 3.8) is 0 Å². The smallest absolute Gasteiger partial charge is 0.147 e. The fourth-order valence-corrected chi connectivity index (χ4v) is 0.517. The maximum atomic E-state index is 10.1. The minimum atomic E-state index is 0.542. The van der Waals surface area contributed by atoms with Gasteiger partial charge in [-0.2, -0.15) is 0 Å². The molecule has 0 bridgehead atoms. The molecular formula is C6H11NO2. The van der Waals surface area contributed by atoms with E-state index in [-0.39, 0.29) is 0 Å². The Balaban J connectivity index is 4.17. The largest absolute Gasteiger partial charge is 0.298 e. The summed E-state index contributed by atoms with van der Waals surface area (Å²) in [6, 6.07) is 0. The maximum Gasteiger partial charge on any atom is 0.147 e. The number of rotatable bonds is 3. The van der Waals surface area contributed by atoms with E-state index in [4.69, 9.17) is 5.21 Å². The average Bonchev–Trinajstić information content (AvgIpc) is 1.90. The van der Waals surface area contributed by atoms with Gasteiger partial charge in [0.05, 0.1) is 0 Å². The Kier molecular flexibility index (Phi) is 3.71. The Labute approximate surface area is 54.3 Å². The maximum absolute atomic E-state index is 10.1. The first-order chi connectivity index (χ1) is 4.26. The third kappa shape index (κ3) is 2.28. The highest BCUT2D eigenvalue weighted by molar-refractivity contribution is 5.73. The van der Waals surface area contributed by atoms with Crippen molar-refractivity contribution in [2.24, 2.45) is 0 Å². The summed E-state index contributed by atoms with van der Waals surface area (Å²) in [5, 5.41) is 8.36. The van der Waals surface area contributed by atoms with Gasteiger partial charge in [-0.15, -0.1) is 0 Å². The summed E-state index contributed by atoms with van der Waals surface area (Å²) in [5.74, 6) is 0. The van der Waals surface area contributed by atoms with Gasteiger partial charge in [-0.3, -0.25) is 15.5 Å². The molecule has 2 N–H and O–H groups in total. The molecule has 0 amide bonds. The number of hydrogen-bond donors (Lipinski definition) is 2. The average molecular weight is 129 g/mol. The number of carbonyl (C=O) groups is 1. The van der Waals surface area contributed by atoms with Crippen LogP contribution in [0.4, 0.5) is 0 Å². The Morgan fingerprint density at radius 2 is 2.33 bits per heavy atom. The molecule has 0 rings (SSSR count). The van der Waals surface area contributed by atoms with Gasteiger partial charge in [-0.25, -0.2) is 0 Å². The van der Waals surface area contributed by atoms with Crippen molar-refractivity contribution >= 4 is 6.29 Å². The molecule has 0 aromatic heterocycles. The zero-order valence-electron chi connectivity index (χ0n) is 5.64. The van der Waals surface area contributed by atoms with E-state index >= 15 is 0 Å². The zero-order chi connectivity index (χ0) is 7.28. The topological polar surface area (TPSA) is 49.3 Å². The van der Waals surface area contributed by atoms with Gasteiger partial charge in [0.1, 0.15) is 6.29 Å². The van der Waals surface area contributed by atoms with Gasteiger partial charge >= 0.3 is 0 Å². The molecule has 0 radical (unpaired) electrons. The van der Waals surface area contributed by atoms with Crippen molar-refractivity contribution in [3.05, 3.63) is 11.3 Å². The minimum absolute atomic E-state index is 0.542. The normalized spacial score (nSPS) is 12.3. The van der Waals surface area contributed by atoms with Crippen LogP contribution < -0.4 is 5.48 Å². The van der Waals surface area contributed by atoms with Crippen LogP contribution in [0.1, 0.15) is 20.3 Å². The monoisotopic (exact) mass is 129 g/mol. The molecule has 9 heavy (non-hydrogen) atoms. The highest BCUT2D eigenvalue weighted by Gasteiger charge is 1.94. The lowest BCUT2D eigenvalue weighted by Crippen LogP contribution is -2.08. The number of hydroxylamine groups is 1. The first-order valence-corrected chi connectivity index (χ1v) is 2.81. The molecule has 3 nitrogen and oxygen atoms in total. The van der Waals surface area contributed by atoms with Crippen LogP contribution in [0.2, 0.25) is 0 Å². The molecule has 0 aliphatic carbocycles. The second kappa shape index (κ2) is 4.09. The van der Waals surface area contributed by atoms with Gasteiger partial charge in [0, 0.05) is 11.3 Å². The Morgan fingerprint density at radius 1 is 1.78 bits per heavy atom. The molecular weight excluding hydrogens is 118 g/mol. The summed E-state index contributed by atoms with van der Waals surface area (Å²) in [6.45, 7) is 3.50. The fourth-order valence-electron chi connectivity index (χ4n) is 0.517. The summed E-state index contributed by atoms with van der Waals surface area (Å²) in [4.78, 5) is 10.1. The number of hydrogen-bond acceptors (Lipinski definition) is 3. The summed E-state index contributed by atoms with van der Waals surface area (Å²) in [6.07, 6.45) is 1.35. The summed E-state index contributed by atoms with van der Waals surface area (Å²) < 4.78 is 0. The highest BCUT2D eigenvalue weighted by atomic mass is 16.5. The van der Waals surface area contributed by atoms with Crippen LogP contribution >= 0.6 is 0 Å². The number of aldehydes is 1. The van der Waals surface area contributed by atoms with E-state index in [1.54, 1.807) is 6.92 Å². The second-order valence-electron chi connectivity index (χ2n) is 1.74. The second-order valence-corrected chi connectivity index (χ2v) is 1.74. The molecule has 3 heteroatoms. The first kappa shape index (κ1) is 8.17. The molecule has 0 spiro atoms. The number of nitrogens with one attached hydrogen (secondary N) is 1. The number of allylic oxidation sites excluding steroid dienone is 2. The van der Waals surface area contributed by atoms with Gasteiger partial charge in [0.2, 0.25) is 0 Å². The van der Waals surface area contributed by atoms with E-state index in [2.05, 4.69) is 0 Å². The molecule has 0 aliphatic rings. The van der Waals surface area contributed by atoms with E-state index in [0.717, 1.165) is 0 Å². The van der Waals surface area contributed by atoms with Crippen molar-refractivity contribution < 1.29 is 10.0 Å². The highest BCUT2D eigenvalue weighted by Crippen LogP contribution is 1.99. The Hall–Kier alpha value is -0.830. The van der Waals surface area contributed by atoms with Crippen LogP contribution in [-0.4, -0.2) is 11.5 Å². The van der Waals surface area contributed by atoms with Crippen LogP contribution in [0.3, 0.4) is 0 Å². The zero-order valence-corrected chi connectivity index (χ0v) is 5.64. The van der Waals surface area contributed by atoms with E-state index in [9.17, 15) is 4.79 Å². The van der Waals surface area contributed by atoms with Gasteiger partial charge in [-0.05, 0) is 13.3 Å². The molecule has 0 aromatic rings. The molecule has 0 aromatic carbocycles. The van der Waals surface area contributed by atoms with Crippen LogP contribution in [0.25, 0.3) is 0 Å². The third-order valence-corrected chi connectivity index (χ3v) is 1.14. The third-order valence-electron chi connectivity index (χ3n) is 1.14. The van der Waals surface area contributed by atoms with Crippen LogP contribution in [0, 0.1) is 0 Å². The van der Waals surface area contributed by atoms with E-state index < -0.39 is 0 Å². The van der Waals surface area contributed by atoms with E-state index in [1.165, 1.54) is 0 Å². The van der Waals surface area contributed by atoms with Crippen molar-refractivity contribution in [2.45, 2.75) is 20.3 Å². The molecule has 0 heterocycles. The Morgan fingerprint density at radius 3 is 2.44 bits per heavy atom. The van der Waals surface area contributed by atoms with Crippen LogP contribution in [0.15, 0.2) is 11.3 Å². The van der Waals surface area contributed by atoms with Gasteiger partial charge in [0.15, 0.2) is 0 Å². The van der Waals surface area contributed by atoms with Crippen molar-refractivity contribution in [2.75, 3.05) is 0 Å². The van der Waals surface area contributed by atoms with Crippen molar-refractivity contribution in [3.8, 4) is 0 Å². The molecule has 0 saturated heterocycles. The summed E-state index contributed by atoms with van der Waals surface area (Å²) in [5.41, 5.74) is 3.07. The quantitative estimate of drug-likeness (QED) is 0.337. The molecule has 0 atom stereocenters. The van der Waals surface area contributed by atoms with E-state index in [0.29, 0.717) is 24.0 Å². The molecule has 0 aliphatic heterocycles. The SMILES string of the molecule is CCC(NO)=C(C)C=O. The van der Waals surface area contributed by atoms with E-state index in [1.807, 2.05) is 12.4 Å². The number of carbonyl (C=O) groups excluding carboxylic acids is 1. The molecule has 0 saturated carbocycles. The van der Waals surface area contributed by atoms with Gasteiger partial charge in [0.25, 0.3) is 0 Å². The predicted molar refractivity (Wildman–Crippen MR) is 34.0 cm³/mol. The summed E-state index contributed by atoms with van der Waals surface area (Å²) in [7, 11) is 0.